The molecule has 0 aromatic heterocycles. The Kier molecular flexibility index (Phi) is 5.62. The molecule has 1 heterocycles. The van der Waals surface area contributed by atoms with E-state index in [1.54, 1.807) is 0 Å². The van der Waals surface area contributed by atoms with Crippen molar-refractivity contribution < 1.29 is 9.59 Å². The van der Waals surface area contributed by atoms with Crippen LogP contribution in [0, 0.1) is 5.92 Å². The smallest absolute Gasteiger partial charge is 0.239 e. The molecule has 4 nitrogen and oxygen atoms in total. The van der Waals surface area contributed by atoms with Gasteiger partial charge in [-0.25, -0.2) is 0 Å². The van der Waals surface area contributed by atoms with Crippen molar-refractivity contribution in [1.82, 2.24) is 9.80 Å². The van der Waals surface area contributed by atoms with Crippen LogP contribution in [0.3, 0.4) is 0 Å². The number of piperidine rings is 1. The molecule has 0 aromatic carbocycles. The molecule has 0 N–H and O–H groups in total. The monoisotopic (exact) mass is 240 g/mol. The largest absolute Gasteiger partial charge is 0.342 e. The summed E-state index contributed by atoms with van der Waals surface area (Å²) >= 11 is 0. The van der Waals surface area contributed by atoms with Crippen molar-refractivity contribution in [1.29, 1.82) is 0 Å². The van der Waals surface area contributed by atoms with Crippen molar-refractivity contribution in [2.24, 2.45) is 5.92 Å². The first kappa shape index (κ1) is 14.2. The van der Waals surface area contributed by atoms with Gasteiger partial charge in [0.25, 0.3) is 0 Å². The van der Waals surface area contributed by atoms with E-state index in [0.29, 0.717) is 0 Å². The summed E-state index contributed by atoms with van der Waals surface area (Å²) < 4.78 is 0. The molecule has 17 heavy (non-hydrogen) atoms. The number of nitrogens with zero attached hydrogens (tertiary/aromatic N) is 2. The predicted octanol–water partition coefficient (Wildman–Crippen LogP) is 1.15. The number of rotatable bonds is 5. The molecule has 1 rings (SSSR count). The Morgan fingerprint density at radius 3 is 2.65 bits per heavy atom. The van der Waals surface area contributed by atoms with E-state index in [9.17, 15) is 9.59 Å². The van der Waals surface area contributed by atoms with Gasteiger partial charge in [0, 0.05) is 25.6 Å². The minimum Gasteiger partial charge on any atom is -0.342 e. The van der Waals surface area contributed by atoms with Crippen molar-refractivity contribution in [2.75, 3.05) is 26.2 Å². The highest BCUT2D eigenvalue weighted by molar-refractivity contribution is 5.81. The van der Waals surface area contributed by atoms with Crippen LogP contribution in [0.5, 0.6) is 0 Å². The lowest BCUT2D eigenvalue weighted by Gasteiger charge is -2.36. The quantitative estimate of drug-likeness (QED) is 0.677. The van der Waals surface area contributed by atoms with Crippen LogP contribution in [-0.2, 0) is 9.59 Å². The topological polar surface area (TPSA) is 40.6 Å². The fourth-order valence-electron chi connectivity index (χ4n) is 2.46. The molecule has 1 fully saturated rings. The number of likely N-dealkylation sites (N-methyl/N-ethyl adjacent to an activating group) is 1. The number of aldehydes is 1. The fraction of sp³-hybridized carbons (Fsp3) is 0.846. The van der Waals surface area contributed by atoms with E-state index in [0.717, 1.165) is 45.3 Å². The molecule has 0 aliphatic carbocycles. The summed E-state index contributed by atoms with van der Waals surface area (Å²) in [6, 6.07) is -0.0994. The summed E-state index contributed by atoms with van der Waals surface area (Å²) in [5.74, 6) is 0.289. The third-order valence-electron chi connectivity index (χ3n) is 3.66. The van der Waals surface area contributed by atoms with Crippen LogP contribution >= 0.6 is 0 Å². The fourth-order valence-corrected chi connectivity index (χ4v) is 2.46. The van der Waals surface area contributed by atoms with Crippen LogP contribution in [0.25, 0.3) is 0 Å². The molecule has 1 aliphatic rings. The Balaban J connectivity index is 2.58. The second kappa shape index (κ2) is 6.74. The average Bonchev–Trinajstić information content (AvgIpc) is 2.39. The molecule has 0 saturated carbocycles. The summed E-state index contributed by atoms with van der Waals surface area (Å²) in [5.41, 5.74) is 0. The molecule has 98 valence electrons. The van der Waals surface area contributed by atoms with E-state index in [-0.39, 0.29) is 17.9 Å². The van der Waals surface area contributed by atoms with Crippen LogP contribution < -0.4 is 0 Å². The van der Waals surface area contributed by atoms with Gasteiger partial charge in [-0.1, -0.05) is 0 Å². The molecular formula is C13H24N2O2. The zero-order valence-corrected chi connectivity index (χ0v) is 11.2. The Hall–Kier alpha value is -0.900. The predicted molar refractivity (Wildman–Crippen MR) is 67.8 cm³/mol. The maximum absolute atomic E-state index is 12.2. The lowest BCUT2D eigenvalue weighted by atomic mass is 9.98. The Bertz CT molecular complexity index is 264. The first-order chi connectivity index (χ1) is 8.13. The molecule has 0 radical (unpaired) electrons. The van der Waals surface area contributed by atoms with E-state index in [1.165, 1.54) is 0 Å². The standard InChI is InChI=1S/C13H24N2O2/c1-4-14(5-2)13(17)11(3)15-8-6-7-12(9-15)10-16/h10-12H,4-9H2,1-3H3. The summed E-state index contributed by atoms with van der Waals surface area (Å²) in [6.45, 7) is 9.12. The Labute approximate surface area is 104 Å². The van der Waals surface area contributed by atoms with Gasteiger partial charge in [-0.2, -0.15) is 0 Å². The number of hydrogen-bond donors (Lipinski definition) is 0. The van der Waals surface area contributed by atoms with E-state index in [4.69, 9.17) is 0 Å². The molecule has 1 amide bonds. The van der Waals surface area contributed by atoms with Gasteiger partial charge in [-0.3, -0.25) is 9.69 Å². The van der Waals surface area contributed by atoms with E-state index in [1.807, 2.05) is 25.7 Å². The first-order valence-corrected chi connectivity index (χ1v) is 6.62. The number of likely N-dealkylation sites (tertiary alicyclic amines) is 1. The van der Waals surface area contributed by atoms with Crippen LogP contribution in [0.15, 0.2) is 0 Å². The van der Waals surface area contributed by atoms with Gasteiger partial charge in [0.1, 0.15) is 6.29 Å². The van der Waals surface area contributed by atoms with Gasteiger partial charge in [0.2, 0.25) is 5.91 Å². The molecule has 2 unspecified atom stereocenters. The zero-order chi connectivity index (χ0) is 12.8. The van der Waals surface area contributed by atoms with Crippen LogP contribution in [0.2, 0.25) is 0 Å². The highest BCUT2D eigenvalue weighted by Crippen LogP contribution is 2.17. The van der Waals surface area contributed by atoms with Crippen molar-refractivity contribution in [3.63, 3.8) is 0 Å². The third kappa shape index (κ3) is 3.53. The lowest BCUT2D eigenvalue weighted by molar-refractivity contribution is -0.137. The van der Waals surface area contributed by atoms with Gasteiger partial charge in [-0.05, 0) is 40.2 Å². The molecule has 1 aliphatic heterocycles. The number of carbonyl (C=O) groups is 2. The van der Waals surface area contributed by atoms with Gasteiger partial charge in [-0.15, -0.1) is 0 Å². The molecular weight excluding hydrogens is 216 g/mol. The van der Waals surface area contributed by atoms with Gasteiger partial charge in [0.05, 0.1) is 6.04 Å². The number of hydrogen-bond acceptors (Lipinski definition) is 3. The van der Waals surface area contributed by atoms with Gasteiger partial charge < -0.3 is 9.69 Å². The molecule has 0 spiro atoms. The van der Waals surface area contributed by atoms with E-state index < -0.39 is 0 Å². The normalized spacial score (nSPS) is 23.1. The van der Waals surface area contributed by atoms with Crippen molar-refractivity contribution >= 4 is 12.2 Å². The Morgan fingerprint density at radius 1 is 1.47 bits per heavy atom. The minimum atomic E-state index is -0.0994. The maximum atomic E-state index is 12.2. The minimum absolute atomic E-state index is 0.0994. The second-order valence-corrected chi connectivity index (χ2v) is 4.72. The summed E-state index contributed by atoms with van der Waals surface area (Å²) in [6.07, 6.45) is 3.01. The molecule has 2 atom stereocenters. The SMILES string of the molecule is CCN(CC)C(=O)C(C)N1CCCC(C=O)C1. The lowest BCUT2D eigenvalue weighted by Crippen LogP contribution is -2.50. The van der Waals surface area contributed by atoms with Crippen molar-refractivity contribution in [3.05, 3.63) is 0 Å². The zero-order valence-electron chi connectivity index (χ0n) is 11.2. The first-order valence-electron chi connectivity index (χ1n) is 6.62. The maximum Gasteiger partial charge on any atom is 0.239 e. The molecule has 1 saturated heterocycles. The Morgan fingerprint density at radius 2 is 2.12 bits per heavy atom. The highest BCUT2D eigenvalue weighted by atomic mass is 16.2. The van der Waals surface area contributed by atoms with Crippen LogP contribution in [0.4, 0.5) is 0 Å². The third-order valence-corrected chi connectivity index (χ3v) is 3.66. The highest BCUT2D eigenvalue weighted by Gasteiger charge is 2.28. The second-order valence-electron chi connectivity index (χ2n) is 4.72. The van der Waals surface area contributed by atoms with Crippen molar-refractivity contribution in [2.45, 2.75) is 39.7 Å². The molecule has 4 heteroatoms. The number of amides is 1. The average molecular weight is 240 g/mol. The number of carbonyl (C=O) groups excluding carboxylic acids is 2. The van der Waals surface area contributed by atoms with E-state index in [2.05, 4.69) is 4.90 Å². The van der Waals surface area contributed by atoms with Crippen molar-refractivity contribution in [3.8, 4) is 0 Å². The van der Waals surface area contributed by atoms with Gasteiger partial charge >= 0.3 is 0 Å². The summed E-state index contributed by atoms with van der Waals surface area (Å²) in [5, 5.41) is 0. The van der Waals surface area contributed by atoms with Crippen LogP contribution in [0.1, 0.15) is 33.6 Å². The van der Waals surface area contributed by atoms with Gasteiger partial charge in [0.15, 0.2) is 0 Å². The molecule has 0 bridgehead atoms. The van der Waals surface area contributed by atoms with E-state index >= 15 is 0 Å². The van der Waals surface area contributed by atoms with Crippen LogP contribution in [-0.4, -0.2) is 54.2 Å². The molecule has 0 aromatic rings. The summed E-state index contributed by atoms with van der Waals surface area (Å²) in [7, 11) is 0. The summed E-state index contributed by atoms with van der Waals surface area (Å²) in [4.78, 5) is 27.0.